The molecular weight excluding hydrogens is 257 g/mol. The van der Waals surface area contributed by atoms with Crippen molar-refractivity contribution in [3.05, 3.63) is 40.6 Å². The molecule has 0 aliphatic carbocycles. The monoisotopic (exact) mass is 267 g/mol. The van der Waals surface area contributed by atoms with Gasteiger partial charge in [0.2, 0.25) is 0 Å². The van der Waals surface area contributed by atoms with Crippen molar-refractivity contribution >= 4 is 29.0 Å². The highest BCUT2D eigenvalue weighted by molar-refractivity contribution is 6.35. The molecule has 1 aromatic carbocycles. The van der Waals surface area contributed by atoms with Gasteiger partial charge in [-0.3, -0.25) is 4.98 Å². The molecule has 0 aliphatic heterocycles. The second kappa shape index (κ2) is 5.34. The van der Waals surface area contributed by atoms with Gasteiger partial charge in [0.25, 0.3) is 0 Å². The van der Waals surface area contributed by atoms with E-state index < -0.39 is 0 Å². The van der Waals surface area contributed by atoms with Gasteiger partial charge in [-0.1, -0.05) is 23.2 Å². The lowest BCUT2D eigenvalue weighted by Crippen LogP contribution is -2.02. The third-order valence-electron chi connectivity index (χ3n) is 2.18. The zero-order valence-corrected chi connectivity index (χ0v) is 10.8. The summed E-state index contributed by atoms with van der Waals surface area (Å²) in [4.78, 5) is 8.55. The average Bonchev–Trinajstić information content (AvgIpc) is 2.29. The number of benzene rings is 1. The Balaban J connectivity index is 2.51. The average molecular weight is 268 g/mol. The van der Waals surface area contributed by atoms with E-state index in [-0.39, 0.29) is 0 Å². The normalized spacial score (nSPS) is 10.3. The first-order chi connectivity index (χ1) is 8.20. The van der Waals surface area contributed by atoms with Crippen LogP contribution in [0.5, 0.6) is 0 Å². The molecule has 2 aromatic rings. The molecule has 0 saturated heterocycles. The minimum Gasteiger partial charge on any atom is -0.369 e. The molecule has 0 bridgehead atoms. The number of hydrogen-bond acceptors (Lipinski definition) is 3. The van der Waals surface area contributed by atoms with E-state index in [1.807, 2.05) is 19.1 Å². The first-order valence-electron chi connectivity index (χ1n) is 5.22. The van der Waals surface area contributed by atoms with Crippen molar-refractivity contribution in [3.63, 3.8) is 0 Å². The molecule has 0 amide bonds. The Labute approximate surface area is 110 Å². The van der Waals surface area contributed by atoms with E-state index in [9.17, 15) is 0 Å². The summed E-state index contributed by atoms with van der Waals surface area (Å²) in [6.45, 7) is 2.78. The zero-order chi connectivity index (χ0) is 12.3. The first kappa shape index (κ1) is 12.1. The Bertz CT molecular complexity index is 509. The van der Waals surface area contributed by atoms with E-state index in [0.717, 1.165) is 23.6 Å². The van der Waals surface area contributed by atoms with Crippen LogP contribution in [0.4, 0.5) is 5.82 Å². The highest BCUT2D eigenvalue weighted by Gasteiger charge is 2.08. The molecule has 1 aromatic heterocycles. The van der Waals surface area contributed by atoms with Gasteiger partial charge in [0.05, 0.1) is 0 Å². The Hall–Kier alpha value is -1.32. The molecule has 0 saturated carbocycles. The fourth-order valence-electron chi connectivity index (χ4n) is 1.54. The van der Waals surface area contributed by atoms with Gasteiger partial charge in [-0.15, -0.1) is 0 Å². The Kier molecular flexibility index (Phi) is 3.82. The van der Waals surface area contributed by atoms with Crippen molar-refractivity contribution in [2.24, 2.45) is 0 Å². The van der Waals surface area contributed by atoms with Gasteiger partial charge in [0.15, 0.2) is 5.82 Å². The minimum atomic E-state index is 0.584. The van der Waals surface area contributed by atoms with Crippen LogP contribution in [0.15, 0.2) is 30.6 Å². The molecule has 0 fully saturated rings. The second-order valence-corrected chi connectivity index (χ2v) is 4.31. The summed E-state index contributed by atoms with van der Waals surface area (Å²) in [5, 5.41) is 4.32. The van der Waals surface area contributed by atoms with Crippen molar-refractivity contribution in [1.82, 2.24) is 9.97 Å². The summed E-state index contributed by atoms with van der Waals surface area (Å²) >= 11 is 12.0. The van der Waals surface area contributed by atoms with Gasteiger partial charge in [-0.05, 0) is 25.1 Å². The van der Waals surface area contributed by atoms with Crippen molar-refractivity contribution in [2.45, 2.75) is 6.92 Å². The lowest BCUT2D eigenvalue weighted by atomic mass is 10.1. The molecule has 0 radical (unpaired) electrons. The number of aromatic nitrogens is 2. The maximum Gasteiger partial charge on any atom is 0.152 e. The highest BCUT2D eigenvalue weighted by atomic mass is 35.5. The third kappa shape index (κ3) is 2.87. The van der Waals surface area contributed by atoms with Gasteiger partial charge in [-0.2, -0.15) is 0 Å². The maximum atomic E-state index is 5.98. The number of anilines is 1. The SMILES string of the molecule is CCNc1nccnc1-c1cc(Cl)cc(Cl)c1. The molecule has 0 aliphatic rings. The molecule has 3 nitrogen and oxygen atoms in total. The summed E-state index contributed by atoms with van der Waals surface area (Å²) in [7, 11) is 0. The van der Waals surface area contributed by atoms with Gasteiger partial charge in [-0.25, -0.2) is 4.98 Å². The zero-order valence-electron chi connectivity index (χ0n) is 9.24. The molecule has 2 rings (SSSR count). The molecule has 1 N–H and O–H groups in total. The molecule has 5 heteroatoms. The number of nitrogens with one attached hydrogen (secondary N) is 1. The Morgan fingerprint density at radius 2 is 1.71 bits per heavy atom. The summed E-state index contributed by atoms with van der Waals surface area (Å²) in [5.74, 6) is 0.730. The molecule has 0 unspecified atom stereocenters. The van der Waals surface area contributed by atoms with Crippen LogP contribution in [0.25, 0.3) is 11.3 Å². The van der Waals surface area contributed by atoms with E-state index in [2.05, 4.69) is 15.3 Å². The molecule has 17 heavy (non-hydrogen) atoms. The van der Waals surface area contributed by atoms with E-state index in [0.29, 0.717) is 10.0 Å². The minimum absolute atomic E-state index is 0.584. The van der Waals surface area contributed by atoms with Crippen molar-refractivity contribution in [1.29, 1.82) is 0 Å². The largest absolute Gasteiger partial charge is 0.369 e. The maximum absolute atomic E-state index is 5.98. The fraction of sp³-hybridized carbons (Fsp3) is 0.167. The molecule has 0 spiro atoms. The van der Waals surface area contributed by atoms with E-state index in [1.165, 1.54) is 0 Å². The predicted molar refractivity (Wildman–Crippen MR) is 71.7 cm³/mol. The molecule has 88 valence electrons. The Morgan fingerprint density at radius 1 is 1.06 bits per heavy atom. The van der Waals surface area contributed by atoms with Crippen LogP contribution in [0.2, 0.25) is 10.0 Å². The standard InChI is InChI=1S/C12H11Cl2N3/c1-2-15-12-11(16-3-4-17-12)8-5-9(13)7-10(14)6-8/h3-7H,2H2,1H3,(H,15,17). The van der Waals surface area contributed by atoms with Crippen molar-refractivity contribution in [3.8, 4) is 11.3 Å². The summed E-state index contributed by atoms with van der Waals surface area (Å²) in [5.41, 5.74) is 1.60. The van der Waals surface area contributed by atoms with Crippen LogP contribution in [0.1, 0.15) is 6.92 Å². The van der Waals surface area contributed by atoms with E-state index >= 15 is 0 Å². The van der Waals surface area contributed by atoms with E-state index in [4.69, 9.17) is 23.2 Å². The number of halogens is 2. The smallest absolute Gasteiger partial charge is 0.152 e. The predicted octanol–water partition coefficient (Wildman–Crippen LogP) is 3.88. The van der Waals surface area contributed by atoms with Gasteiger partial charge in [0, 0.05) is 34.5 Å². The van der Waals surface area contributed by atoms with Gasteiger partial charge < -0.3 is 5.32 Å². The quantitative estimate of drug-likeness (QED) is 0.917. The van der Waals surface area contributed by atoms with Gasteiger partial charge >= 0.3 is 0 Å². The van der Waals surface area contributed by atoms with Crippen LogP contribution in [0, 0.1) is 0 Å². The second-order valence-electron chi connectivity index (χ2n) is 3.44. The molecule has 0 atom stereocenters. The number of nitrogens with zero attached hydrogens (tertiary/aromatic N) is 2. The first-order valence-corrected chi connectivity index (χ1v) is 5.97. The van der Waals surface area contributed by atoms with Crippen LogP contribution in [-0.4, -0.2) is 16.5 Å². The third-order valence-corrected chi connectivity index (χ3v) is 2.61. The van der Waals surface area contributed by atoms with Crippen molar-refractivity contribution in [2.75, 3.05) is 11.9 Å². The highest BCUT2D eigenvalue weighted by Crippen LogP contribution is 2.29. The number of hydrogen-bond donors (Lipinski definition) is 1. The number of rotatable bonds is 3. The summed E-state index contributed by atoms with van der Waals surface area (Å²) in [6, 6.07) is 5.33. The van der Waals surface area contributed by atoms with Crippen LogP contribution < -0.4 is 5.32 Å². The van der Waals surface area contributed by atoms with Gasteiger partial charge in [0.1, 0.15) is 5.69 Å². The summed E-state index contributed by atoms with van der Waals surface area (Å²) < 4.78 is 0. The van der Waals surface area contributed by atoms with Crippen LogP contribution in [0.3, 0.4) is 0 Å². The van der Waals surface area contributed by atoms with Crippen molar-refractivity contribution < 1.29 is 0 Å². The molecular formula is C12H11Cl2N3. The lowest BCUT2D eigenvalue weighted by Gasteiger charge is -2.08. The lowest BCUT2D eigenvalue weighted by molar-refractivity contribution is 1.12. The fourth-order valence-corrected chi connectivity index (χ4v) is 2.06. The van der Waals surface area contributed by atoms with E-state index in [1.54, 1.807) is 18.5 Å². The van der Waals surface area contributed by atoms with Crippen LogP contribution in [-0.2, 0) is 0 Å². The Morgan fingerprint density at radius 3 is 2.35 bits per heavy atom. The molecule has 1 heterocycles. The summed E-state index contributed by atoms with van der Waals surface area (Å²) in [6.07, 6.45) is 3.29. The van der Waals surface area contributed by atoms with Crippen LogP contribution >= 0.6 is 23.2 Å². The topological polar surface area (TPSA) is 37.8 Å².